The minimum atomic E-state index is -0.838. The second-order valence-electron chi connectivity index (χ2n) is 4.97. The van der Waals surface area contributed by atoms with E-state index in [1.54, 1.807) is 30.0 Å². The van der Waals surface area contributed by atoms with Gasteiger partial charge in [-0.2, -0.15) is 0 Å². The maximum absolute atomic E-state index is 12.4. The number of halogens is 2. The van der Waals surface area contributed by atoms with Gasteiger partial charge in [0.25, 0.3) is 5.91 Å². The molecule has 1 aliphatic rings. The first-order valence-corrected chi connectivity index (χ1v) is 7.78. The highest BCUT2D eigenvalue weighted by atomic mass is 79.9. The van der Waals surface area contributed by atoms with Crippen LogP contribution in [-0.4, -0.2) is 59.0 Å². The van der Waals surface area contributed by atoms with E-state index in [1.807, 2.05) is 4.90 Å². The zero-order chi connectivity index (χ0) is 15.6. The number of hydrogen-bond donors (Lipinski definition) is 1. The van der Waals surface area contributed by atoms with Crippen molar-refractivity contribution >= 4 is 39.4 Å². The van der Waals surface area contributed by atoms with E-state index >= 15 is 0 Å². The van der Waals surface area contributed by atoms with Gasteiger partial charge in [-0.1, -0.05) is 11.6 Å². The number of aliphatic carboxylic acids is 1. The molecule has 1 unspecified atom stereocenters. The van der Waals surface area contributed by atoms with Gasteiger partial charge in [-0.05, 0) is 41.1 Å². The smallest absolute Gasteiger partial charge is 0.320 e. The lowest BCUT2D eigenvalue weighted by atomic mass is 10.1. The van der Waals surface area contributed by atoms with E-state index in [9.17, 15) is 9.59 Å². The summed E-state index contributed by atoms with van der Waals surface area (Å²) in [6, 6.07) is 4.59. The van der Waals surface area contributed by atoms with Crippen LogP contribution in [0.25, 0.3) is 0 Å². The molecule has 114 valence electrons. The predicted octanol–water partition coefficient (Wildman–Crippen LogP) is 2.33. The molecule has 1 fully saturated rings. The maximum atomic E-state index is 12.4. The van der Waals surface area contributed by atoms with Crippen LogP contribution in [0.1, 0.15) is 17.3 Å². The highest BCUT2D eigenvalue weighted by Gasteiger charge is 2.27. The summed E-state index contributed by atoms with van der Waals surface area (Å²) in [5.41, 5.74) is 0.544. The van der Waals surface area contributed by atoms with E-state index in [0.29, 0.717) is 36.8 Å². The van der Waals surface area contributed by atoms with Gasteiger partial charge in [-0.25, -0.2) is 0 Å². The van der Waals surface area contributed by atoms with Crippen molar-refractivity contribution in [1.82, 2.24) is 9.80 Å². The van der Waals surface area contributed by atoms with Crippen molar-refractivity contribution in [1.29, 1.82) is 0 Å². The molecule has 1 aliphatic heterocycles. The van der Waals surface area contributed by atoms with Crippen LogP contribution in [0.3, 0.4) is 0 Å². The Morgan fingerprint density at radius 1 is 1.29 bits per heavy atom. The average Bonchev–Trinajstić information content (AvgIpc) is 2.48. The van der Waals surface area contributed by atoms with E-state index in [2.05, 4.69) is 15.9 Å². The SMILES string of the molecule is CC(C(=O)O)N1CCN(C(=O)c2ccc(Br)c(Cl)c2)CC1. The number of amides is 1. The largest absolute Gasteiger partial charge is 0.480 e. The standard InChI is InChI=1S/C14H16BrClN2O3/c1-9(14(20)21)17-4-6-18(7-5-17)13(19)10-2-3-11(15)12(16)8-10/h2-3,8-9H,4-7H2,1H3,(H,20,21). The zero-order valence-electron chi connectivity index (χ0n) is 11.6. The Hall–Kier alpha value is -1.11. The van der Waals surface area contributed by atoms with Crippen molar-refractivity contribution in [3.8, 4) is 0 Å². The van der Waals surface area contributed by atoms with Gasteiger partial charge in [0.15, 0.2) is 0 Å². The Morgan fingerprint density at radius 2 is 1.90 bits per heavy atom. The summed E-state index contributed by atoms with van der Waals surface area (Å²) >= 11 is 9.30. The van der Waals surface area contributed by atoms with Crippen molar-refractivity contribution in [3.63, 3.8) is 0 Å². The molecule has 1 aromatic rings. The summed E-state index contributed by atoms with van der Waals surface area (Å²) < 4.78 is 0.751. The monoisotopic (exact) mass is 374 g/mol. The summed E-state index contributed by atoms with van der Waals surface area (Å²) in [4.78, 5) is 26.9. The summed E-state index contributed by atoms with van der Waals surface area (Å²) in [5.74, 6) is -0.915. The minimum absolute atomic E-state index is 0.0768. The third kappa shape index (κ3) is 3.75. The first-order chi connectivity index (χ1) is 9.90. The fourth-order valence-electron chi connectivity index (χ4n) is 2.28. The fourth-order valence-corrected chi connectivity index (χ4v) is 2.71. The molecule has 1 amide bonds. The summed E-state index contributed by atoms with van der Waals surface area (Å²) in [6.07, 6.45) is 0. The first kappa shape index (κ1) is 16.3. The van der Waals surface area contributed by atoms with Gasteiger partial charge < -0.3 is 10.0 Å². The highest BCUT2D eigenvalue weighted by Crippen LogP contribution is 2.24. The van der Waals surface area contributed by atoms with Crippen molar-refractivity contribution in [2.24, 2.45) is 0 Å². The van der Waals surface area contributed by atoms with Gasteiger partial charge in [0, 0.05) is 36.2 Å². The lowest BCUT2D eigenvalue weighted by molar-refractivity contribution is -0.143. The number of hydrogen-bond acceptors (Lipinski definition) is 3. The Balaban J connectivity index is 2.00. The molecular formula is C14H16BrClN2O3. The lowest BCUT2D eigenvalue weighted by Crippen LogP contribution is -2.53. The summed E-state index contributed by atoms with van der Waals surface area (Å²) in [5, 5.41) is 9.50. The van der Waals surface area contributed by atoms with Crippen LogP contribution in [0.5, 0.6) is 0 Å². The molecule has 5 nitrogen and oxygen atoms in total. The molecule has 1 heterocycles. The highest BCUT2D eigenvalue weighted by molar-refractivity contribution is 9.10. The maximum Gasteiger partial charge on any atom is 0.320 e. The number of benzene rings is 1. The number of carbonyl (C=O) groups excluding carboxylic acids is 1. The third-order valence-corrected chi connectivity index (χ3v) is 4.91. The molecule has 1 aromatic carbocycles. The molecule has 0 radical (unpaired) electrons. The van der Waals surface area contributed by atoms with Gasteiger partial charge >= 0.3 is 5.97 Å². The minimum Gasteiger partial charge on any atom is -0.480 e. The fraction of sp³-hybridized carbons (Fsp3) is 0.429. The van der Waals surface area contributed by atoms with Gasteiger partial charge in [-0.3, -0.25) is 14.5 Å². The predicted molar refractivity (Wildman–Crippen MR) is 83.7 cm³/mol. The van der Waals surface area contributed by atoms with Gasteiger partial charge in [0.05, 0.1) is 5.02 Å². The van der Waals surface area contributed by atoms with Crippen molar-refractivity contribution in [2.45, 2.75) is 13.0 Å². The van der Waals surface area contributed by atoms with E-state index in [1.165, 1.54) is 0 Å². The molecule has 21 heavy (non-hydrogen) atoms. The van der Waals surface area contributed by atoms with Crippen LogP contribution in [-0.2, 0) is 4.79 Å². The quantitative estimate of drug-likeness (QED) is 0.881. The summed E-state index contributed by atoms with van der Waals surface area (Å²) in [6.45, 7) is 3.81. The molecule has 2 rings (SSSR count). The van der Waals surface area contributed by atoms with Crippen LogP contribution < -0.4 is 0 Å². The Bertz CT molecular complexity index is 559. The lowest BCUT2D eigenvalue weighted by Gasteiger charge is -2.36. The van der Waals surface area contributed by atoms with E-state index in [4.69, 9.17) is 16.7 Å². The van der Waals surface area contributed by atoms with E-state index in [-0.39, 0.29) is 5.91 Å². The number of rotatable bonds is 3. The molecule has 0 bridgehead atoms. The number of nitrogens with zero attached hydrogens (tertiary/aromatic N) is 2. The molecule has 1 atom stereocenters. The first-order valence-electron chi connectivity index (χ1n) is 6.61. The topological polar surface area (TPSA) is 60.9 Å². The van der Waals surface area contributed by atoms with E-state index < -0.39 is 12.0 Å². The van der Waals surface area contributed by atoms with Gasteiger partial charge in [-0.15, -0.1) is 0 Å². The summed E-state index contributed by atoms with van der Waals surface area (Å²) in [7, 11) is 0. The van der Waals surface area contributed by atoms with Crippen molar-refractivity contribution < 1.29 is 14.7 Å². The molecule has 0 aromatic heterocycles. The average molecular weight is 376 g/mol. The number of carboxylic acids is 1. The van der Waals surface area contributed by atoms with Crippen LogP contribution in [0, 0.1) is 0 Å². The van der Waals surface area contributed by atoms with E-state index in [0.717, 1.165) is 4.47 Å². The number of carbonyl (C=O) groups is 2. The molecule has 0 aliphatic carbocycles. The molecule has 1 saturated heterocycles. The van der Waals surface area contributed by atoms with Crippen LogP contribution >= 0.6 is 27.5 Å². The normalized spacial score (nSPS) is 17.6. The van der Waals surface area contributed by atoms with Crippen LogP contribution in [0.4, 0.5) is 0 Å². The van der Waals surface area contributed by atoms with Crippen molar-refractivity contribution in [3.05, 3.63) is 33.3 Å². The number of piperazine rings is 1. The second kappa shape index (κ2) is 6.77. The molecule has 0 saturated carbocycles. The molecule has 7 heteroatoms. The number of carboxylic acid groups (broad SMARTS) is 1. The van der Waals surface area contributed by atoms with Crippen molar-refractivity contribution in [2.75, 3.05) is 26.2 Å². The third-order valence-electron chi connectivity index (χ3n) is 3.67. The Kier molecular flexibility index (Phi) is 5.24. The molecule has 1 N–H and O–H groups in total. The van der Waals surface area contributed by atoms with Gasteiger partial charge in [0.1, 0.15) is 6.04 Å². The van der Waals surface area contributed by atoms with Crippen LogP contribution in [0.15, 0.2) is 22.7 Å². The molecular weight excluding hydrogens is 360 g/mol. The van der Waals surface area contributed by atoms with Gasteiger partial charge in [0.2, 0.25) is 0 Å². The molecule has 0 spiro atoms. The second-order valence-corrected chi connectivity index (χ2v) is 6.23. The Morgan fingerprint density at radius 3 is 2.43 bits per heavy atom. The van der Waals surface area contributed by atoms with Crippen LogP contribution in [0.2, 0.25) is 5.02 Å². The Labute approximate surface area is 136 Å². The zero-order valence-corrected chi connectivity index (χ0v) is 13.9.